The van der Waals surface area contributed by atoms with Gasteiger partial charge in [0, 0.05) is 41.8 Å². The van der Waals surface area contributed by atoms with Crippen molar-refractivity contribution in [3.05, 3.63) is 97.3 Å². The van der Waals surface area contributed by atoms with E-state index in [9.17, 15) is 4.79 Å². The Balaban J connectivity index is 1.21. The molecule has 1 fully saturated rings. The van der Waals surface area contributed by atoms with Gasteiger partial charge in [-0.05, 0) is 49.2 Å². The molecule has 1 amide bonds. The van der Waals surface area contributed by atoms with Crippen molar-refractivity contribution in [1.82, 2.24) is 9.97 Å². The van der Waals surface area contributed by atoms with Gasteiger partial charge in [-0.3, -0.25) is 4.79 Å². The first-order valence-electron chi connectivity index (χ1n) is 11.6. The number of benzene rings is 3. The van der Waals surface area contributed by atoms with Gasteiger partial charge in [0.25, 0.3) is 0 Å². The molecule has 6 heteroatoms. The first kappa shape index (κ1) is 21.6. The normalized spacial score (nSPS) is 15.5. The second-order valence-electron chi connectivity index (χ2n) is 8.47. The summed E-state index contributed by atoms with van der Waals surface area (Å²) in [5, 5.41) is 6.44. The van der Waals surface area contributed by atoms with Crippen LogP contribution in [0.15, 0.2) is 97.3 Å². The van der Waals surface area contributed by atoms with Gasteiger partial charge < -0.3 is 15.5 Å². The number of carbonyl (C=O) groups excluding carboxylic acids is 1. The highest BCUT2D eigenvalue weighted by Crippen LogP contribution is 2.26. The van der Waals surface area contributed by atoms with Crippen LogP contribution < -0.4 is 15.5 Å². The fraction of sp³-hybridized carbons (Fsp3) is 0.179. The number of anilines is 4. The van der Waals surface area contributed by atoms with Crippen molar-refractivity contribution in [3.63, 3.8) is 0 Å². The molecule has 1 aliphatic heterocycles. The predicted octanol–water partition coefficient (Wildman–Crippen LogP) is 5.74. The zero-order valence-corrected chi connectivity index (χ0v) is 18.9. The van der Waals surface area contributed by atoms with Crippen LogP contribution in [-0.2, 0) is 4.79 Å². The molecule has 4 aromatic rings. The van der Waals surface area contributed by atoms with Crippen LogP contribution in [0.4, 0.5) is 22.9 Å². The Bertz CT molecular complexity index is 1230. The molecule has 2 heterocycles. The van der Waals surface area contributed by atoms with E-state index >= 15 is 0 Å². The maximum atomic E-state index is 13.0. The minimum absolute atomic E-state index is 0.0470. The van der Waals surface area contributed by atoms with Crippen molar-refractivity contribution in [2.75, 3.05) is 28.6 Å². The van der Waals surface area contributed by atoms with E-state index < -0.39 is 0 Å². The Kier molecular flexibility index (Phi) is 6.47. The lowest BCUT2D eigenvalue weighted by atomic mass is 9.97. The van der Waals surface area contributed by atoms with Crippen LogP contribution in [0.5, 0.6) is 0 Å². The number of carbonyl (C=O) groups is 1. The number of hydrogen-bond acceptors (Lipinski definition) is 5. The minimum Gasteiger partial charge on any atom is -0.356 e. The van der Waals surface area contributed by atoms with Gasteiger partial charge in [-0.1, -0.05) is 48.5 Å². The summed E-state index contributed by atoms with van der Waals surface area (Å²) in [7, 11) is 0. The van der Waals surface area contributed by atoms with E-state index in [-0.39, 0.29) is 11.8 Å². The molecule has 34 heavy (non-hydrogen) atoms. The van der Waals surface area contributed by atoms with Crippen molar-refractivity contribution >= 4 is 28.8 Å². The van der Waals surface area contributed by atoms with Gasteiger partial charge in [0.05, 0.1) is 11.6 Å². The van der Waals surface area contributed by atoms with E-state index in [1.807, 2.05) is 91.0 Å². The molecule has 170 valence electrons. The van der Waals surface area contributed by atoms with Gasteiger partial charge in [-0.25, -0.2) is 9.97 Å². The first-order valence-corrected chi connectivity index (χ1v) is 11.6. The molecule has 5 rings (SSSR count). The quantitative estimate of drug-likeness (QED) is 0.393. The van der Waals surface area contributed by atoms with E-state index in [4.69, 9.17) is 0 Å². The lowest BCUT2D eigenvalue weighted by molar-refractivity contribution is -0.120. The van der Waals surface area contributed by atoms with Gasteiger partial charge >= 0.3 is 0 Å². The van der Waals surface area contributed by atoms with Crippen LogP contribution in [0, 0.1) is 5.92 Å². The fourth-order valence-corrected chi connectivity index (χ4v) is 4.26. The van der Waals surface area contributed by atoms with Crippen LogP contribution in [0.25, 0.3) is 11.3 Å². The minimum atomic E-state index is -0.0917. The summed E-state index contributed by atoms with van der Waals surface area (Å²) in [6.07, 6.45) is 3.42. The van der Waals surface area contributed by atoms with Crippen LogP contribution in [0.1, 0.15) is 12.8 Å². The predicted molar refractivity (Wildman–Crippen MR) is 137 cm³/mol. The van der Waals surface area contributed by atoms with Crippen LogP contribution >= 0.6 is 0 Å². The zero-order valence-electron chi connectivity index (χ0n) is 18.9. The summed E-state index contributed by atoms with van der Waals surface area (Å²) in [5.41, 5.74) is 4.76. The lowest BCUT2D eigenvalue weighted by Crippen LogP contribution is -2.41. The van der Waals surface area contributed by atoms with Gasteiger partial charge in [-0.2, -0.15) is 0 Å². The maximum Gasteiger partial charge on any atom is 0.229 e. The number of nitrogens with zero attached hydrogens (tertiary/aromatic N) is 3. The molecule has 0 bridgehead atoms. The highest BCUT2D eigenvalue weighted by Gasteiger charge is 2.27. The Morgan fingerprint density at radius 2 is 1.50 bits per heavy atom. The summed E-state index contributed by atoms with van der Waals surface area (Å²) >= 11 is 0. The number of nitrogens with one attached hydrogen (secondary N) is 2. The molecule has 0 aliphatic carbocycles. The van der Waals surface area contributed by atoms with Gasteiger partial charge in [0.15, 0.2) is 0 Å². The molecule has 1 atom stereocenters. The molecule has 1 saturated heterocycles. The van der Waals surface area contributed by atoms with Crippen molar-refractivity contribution in [1.29, 1.82) is 0 Å². The van der Waals surface area contributed by atoms with Gasteiger partial charge in [0.2, 0.25) is 5.91 Å². The third-order valence-electron chi connectivity index (χ3n) is 6.05. The van der Waals surface area contributed by atoms with Gasteiger partial charge in [-0.15, -0.1) is 0 Å². The summed E-state index contributed by atoms with van der Waals surface area (Å²) in [6, 6.07) is 29.9. The highest BCUT2D eigenvalue weighted by atomic mass is 16.1. The first-order chi connectivity index (χ1) is 16.7. The molecule has 1 unspecified atom stereocenters. The summed E-state index contributed by atoms with van der Waals surface area (Å²) in [5.74, 6) is 0.819. The smallest absolute Gasteiger partial charge is 0.229 e. The molecule has 0 saturated carbocycles. The molecule has 6 nitrogen and oxygen atoms in total. The molecule has 1 aliphatic rings. The fourth-order valence-electron chi connectivity index (χ4n) is 4.26. The molecular formula is C28H27N5O. The number of amides is 1. The molecule has 0 spiro atoms. The molecule has 1 aromatic heterocycles. The number of aromatic nitrogens is 2. The van der Waals surface area contributed by atoms with Gasteiger partial charge in [0.1, 0.15) is 12.1 Å². The molecule has 3 aromatic carbocycles. The number of rotatable bonds is 6. The highest BCUT2D eigenvalue weighted by molar-refractivity contribution is 5.93. The Morgan fingerprint density at radius 1 is 0.824 bits per heavy atom. The molecule has 2 N–H and O–H groups in total. The van der Waals surface area contributed by atoms with Crippen molar-refractivity contribution < 1.29 is 4.79 Å². The summed E-state index contributed by atoms with van der Waals surface area (Å²) in [6.45, 7) is 1.53. The third-order valence-corrected chi connectivity index (χ3v) is 6.05. The van der Waals surface area contributed by atoms with E-state index in [0.29, 0.717) is 6.54 Å². The van der Waals surface area contributed by atoms with Crippen LogP contribution in [0.3, 0.4) is 0 Å². The largest absolute Gasteiger partial charge is 0.356 e. The van der Waals surface area contributed by atoms with Crippen molar-refractivity contribution in [2.24, 2.45) is 5.92 Å². The van der Waals surface area contributed by atoms with Crippen LogP contribution in [-0.4, -0.2) is 29.0 Å². The monoisotopic (exact) mass is 449 g/mol. The average molecular weight is 450 g/mol. The topological polar surface area (TPSA) is 70.2 Å². The van der Waals surface area contributed by atoms with E-state index in [1.165, 1.54) is 0 Å². The van der Waals surface area contributed by atoms with E-state index in [0.717, 1.165) is 53.5 Å². The molecular weight excluding hydrogens is 422 g/mol. The van der Waals surface area contributed by atoms with Crippen LogP contribution in [0.2, 0.25) is 0 Å². The maximum absolute atomic E-state index is 13.0. The second-order valence-corrected chi connectivity index (χ2v) is 8.47. The SMILES string of the molecule is O=C(Nc1ccc(Nc2ccccc2)cc1)C1CCCN(c2cc(-c3ccccc3)ncn2)C1. The summed E-state index contributed by atoms with van der Waals surface area (Å²) in [4.78, 5) is 24.1. The second kappa shape index (κ2) is 10.2. The lowest BCUT2D eigenvalue weighted by Gasteiger charge is -2.33. The Hall–Kier alpha value is -4.19. The average Bonchev–Trinajstić information content (AvgIpc) is 2.91. The molecule has 0 radical (unpaired) electrons. The van der Waals surface area contributed by atoms with E-state index in [2.05, 4.69) is 25.5 Å². The van der Waals surface area contributed by atoms with E-state index in [1.54, 1.807) is 6.33 Å². The number of hydrogen-bond donors (Lipinski definition) is 2. The number of piperidine rings is 1. The standard InChI is InChI=1S/C28H27N5O/c34-28(32-25-15-13-24(14-16-25)31-23-11-5-2-6-12-23)22-10-7-17-33(19-22)27-18-26(29-20-30-27)21-8-3-1-4-9-21/h1-6,8-9,11-16,18,20,22,31H,7,10,17,19H2,(H,32,34). The Labute approximate surface area is 199 Å². The summed E-state index contributed by atoms with van der Waals surface area (Å²) < 4.78 is 0. The zero-order chi connectivity index (χ0) is 23.2. The third kappa shape index (κ3) is 5.23. The van der Waals surface area contributed by atoms with Crippen molar-refractivity contribution in [3.8, 4) is 11.3 Å². The van der Waals surface area contributed by atoms with Crippen molar-refractivity contribution in [2.45, 2.75) is 12.8 Å². The Morgan fingerprint density at radius 3 is 2.26 bits per heavy atom. The number of para-hydroxylation sites is 1.